The fourth-order valence-corrected chi connectivity index (χ4v) is 2.18. The summed E-state index contributed by atoms with van der Waals surface area (Å²) in [6, 6.07) is 5.10. The minimum absolute atomic E-state index is 0.0633. The SMILES string of the molecule is COc1ccc(C=O)cc1OCCCO[C@@H]1CCCCO1. The molecule has 0 amide bonds. The molecule has 1 aromatic carbocycles. The number of methoxy groups -OCH3 is 1. The molecule has 0 spiro atoms. The number of ether oxygens (including phenoxy) is 4. The molecule has 0 N–H and O–H groups in total. The van der Waals surface area contributed by atoms with Gasteiger partial charge in [0.2, 0.25) is 0 Å². The maximum Gasteiger partial charge on any atom is 0.161 e. The second-order valence-electron chi connectivity index (χ2n) is 4.90. The molecule has 0 aromatic heterocycles. The van der Waals surface area contributed by atoms with E-state index >= 15 is 0 Å². The molecule has 1 heterocycles. The maximum atomic E-state index is 10.8. The van der Waals surface area contributed by atoms with Crippen LogP contribution < -0.4 is 9.47 Å². The second kappa shape index (κ2) is 8.64. The van der Waals surface area contributed by atoms with Gasteiger partial charge in [-0.3, -0.25) is 4.79 Å². The van der Waals surface area contributed by atoms with Gasteiger partial charge in [0.1, 0.15) is 6.29 Å². The van der Waals surface area contributed by atoms with Gasteiger partial charge in [-0.15, -0.1) is 0 Å². The van der Waals surface area contributed by atoms with Crippen molar-refractivity contribution in [3.8, 4) is 11.5 Å². The molecule has 1 saturated heterocycles. The van der Waals surface area contributed by atoms with Crippen molar-refractivity contribution in [2.24, 2.45) is 0 Å². The molecule has 5 nitrogen and oxygen atoms in total. The fraction of sp³-hybridized carbons (Fsp3) is 0.562. The monoisotopic (exact) mass is 294 g/mol. The lowest BCUT2D eigenvalue weighted by Gasteiger charge is -2.22. The van der Waals surface area contributed by atoms with E-state index < -0.39 is 0 Å². The topological polar surface area (TPSA) is 54.0 Å². The van der Waals surface area contributed by atoms with E-state index in [0.29, 0.717) is 30.3 Å². The molecule has 0 saturated carbocycles. The lowest BCUT2D eigenvalue weighted by atomic mass is 10.2. The molecule has 21 heavy (non-hydrogen) atoms. The molecule has 0 radical (unpaired) electrons. The Balaban J connectivity index is 1.71. The maximum absolute atomic E-state index is 10.8. The standard InChI is InChI=1S/C16H22O5/c1-18-14-7-6-13(12-17)11-15(14)19-9-4-10-21-16-5-2-3-8-20-16/h6-7,11-12,16H,2-5,8-10H2,1H3/t16-/m1/s1. The van der Waals surface area contributed by atoms with Gasteiger partial charge in [0.15, 0.2) is 17.8 Å². The summed E-state index contributed by atoms with van der Waals surface area (Å²) in [5.74, 6) is 1.20. The van der Waals surface area contributed by atoms with E-state index in [0.717, 1.165) is 38.6 Å². The van der Waals surface area contributed by atoms with Crippen molar-refractivity contribution in [3.05, 3.63) is 23.8 Å². The first-order valence-electron chi connectivity index (χ1n) is 7.32. The van der Waals surface area contributed by atoms with E-state index in [4.69, 9.17) is 18.9 Å². The molecule has 2 rings (SSSR count). The predicted octanol–water partition coefficient (Wildman–Crippen LogP) is 2.82. The molecule has 1 fully saturated rings. The first-order chi connectivity index (χ1) is 10.3. The third-order valence-electron chi connectivity index (χ3n) is 3.31. The quantitative estimate of drug-likeness (QED) is 0.545. The highest BCUT2D eigenvalue weighted by Gasteiger charge is 2.13. The average molecular weight is 294 g/mol. The molecule has 116 valence electrons. The Morgan fingerprint density at radius 3 is 2.90 bits per heavy atom. The Labute approximate surface area is 125 Å². The molecule has 0 bridgehead atoms. The van der Waals surface area contributed by atoms with Crippen molar-refractivity contribution >= 4 is 6.29 Å². The van der Waals surface area contributed by atoms with Crippen LogP contribution in [0.15, 0.2) is 18.2 Å². The van der Waals surface area contributed by atoms with Crippen molar-refractivity contribution in [1.82, 2.24) is 0 Å². The molecule has 5 heteroatoms. The summed E-state index contributed by atoms with van der Waals surface area (Å²) in [5, 5.41) is 0. The van der Waals surface area contributed by atoms with E-state index in [9.17, 15) is 4.79 Å². The highest BCUT2D eigenvalue weighted by Crippen LogP contribution is 2.27. The molecular formula is C16H22O5. The van der Waals surface area contributed by atoms with Crippen LogP contribution in [0.4, 0.5) is 0 Å². The predicted molar refractivity (Wildman–Crippen MR) is 78.0 cm³/mol. The lowest BCUT2D eigenvalue weighted by molar-refractivity contribution is -0.163. The molecule has 0 unspecified atom stereocenters. The van der Waals surface area contributed by atoms with Crippen LogP contribution in [0.2, 0.25) is 0 Å². The van der Waals surface area contributed by atoms with Crippen LogP contribution in [-0.4, -0.2) is 39.5 Å². The van der Waals surface area contributed by atoms with Crippen LogP contribution in [0.1, 0.15) is 36.0 Å². The molecule has 0 aliphatic carbocycles. The lowest BCUT2D eigenvalue weighted by Crippen LogP contribution is -2.23. The molecule has 1 aliphatic heterocycles. The summed E-state index contributed by atoms with van der Waals surface area (Å²) in [5.41, 5.74) is 0.567. The summed E-state index contributed by atoms with van der Waals surface area (Å²) in [6.07, 6.45) is 4.74. The number of carbonyl (C=O) groups is 1. The minimum atomic E-state index is -0.0633. The van der Waals surface area contributed by atoms with Crippen molar-refractivity contribution in [2.45, 2.75) is 32.0 Å². The number of hydrogen-bond acceptors (Lipinski definition) is 5. The second-order valence-corrected chi connectivity index (χ2v) is 4.90. The largest absolute Gasteiger partial charge is 0.493 e. The Kier molecular flexibility index (Phi) is 6.50. The molecular weight excluding hydrogens is 272 g/mol. The molecule has 1 aliphatic rings. The number of carbonyl (C=O) groups excluding carboxylic acids is 1. The van der Waals surface area contributed by atoms with Gasteiger partial charge in [-0.2, -0.15) is 0 Å². The Hall–Kier alpha value is -1.59. The van der Waals surface area contributed by atoms with Crippen LogP contribution in [-0.2, 0) is 9.47 Å². The zero-order valence-corrected chi connectivity index (χ0v) is 12.4. The third kappa shape index (κ3) is 5.02. The van der Waals surface area contributed by atoms with E-state index in [1.54, 1.807) is 25.3 Å². The molecule has 1 atom stereocenters. The van der Waals surface area contributed by atoms with Crippen molar-refractivity contribution < 1.29 is 23.7 Å². The summed E-state index contributed by atoms with van der Waals surface area (Å²) >= 11 is 0. The third-order valence-corrected chi connectivity index (χ3v) is 3.31. The fourth-order valence-electron chi connectivity index (χ4n) is 2.18. The van der Waals surface area contributed by atoms with Crippen LogP contribution in [0.25, 0.3) is 0 Å². The Morgan fingerprint density at radius 2 is 2.19 bits per heavy atom. The Bertz CT molecular complexity index is 440. The van der Waals surface area contributed by atoms with Crippen molar-refractivity contribution in [3.63, 3.8) is 0 Å². The van der Waals surface area contributed by atoms with Crippen LogP contribution in [0.3, 0.4) is 0 Å². The van der Waals surface area contributed by atoms with E-state index in [-0.39, 0.29) is 6.29 Å². The first-order valence-corrected chi connectivity index (χ1v) is 7.32. The highest BCUT2D eigenvalue weighted by atomic mass is 16.7. The zero-order chi connectivity index (χ0) is 14.9. The molecule has 1 aromatic rings. The van der Waals surface area contributed by atoms with Crippen LogP contribution in [0, 0.1) is 0 Å². The first kappa shape index (κ1) is 15.8. The Morgan fingerprint density at radius 1 is 1.29 bits per heavy atom. The summed E-state index contributed by atoms with van der Waals surface area (Å²) in [4.78, 5) is 10.8. The number of aldehydes is 1. The van der Waals surface area contributed by atoms with Crippen LogP contribution in [0.5, 0.6) is 11.5 Å². The summed E-state index contributed by atoms with van der Waals surface area (Å²) in [6.45, 7) is 1.89. The van der Waals surface area contributed by atoms with Crippen molar-refractivity contribution in [1.29, 1.82) is 0 Å². The van der Waals surface area contributed by atoms with E-state index in [1.165, 1.54) is 0 Å². The van der Waals surface area contributed by atoms with Gasteiger partial charge >= 0.3 is 0 Å². The number of hydrogen-bond donors (Lipinski definition) is 0. The van der Waals surface area contributed by atoms with E-state index in [1.807, 2.05) is 0 Å². The smallest absolute Gasteiger partial charge is 0.161 e. The average Bonchev–Trinajstić information content (AvgIpc) is 2.55. The van der Waals surface area contributed by atoms with Gasteiger partial charge < -0.3 is 18.9 Å². The van der Waals surface area contributed by atoms with Gasteiger partial charge in [-0.05, 0) is 37.5 Å². The number of benzene rings is 1. The zero-order valence-electron chi connectivity index (χ0n) is 12.4. The van der Waals surface area contributed by atoms with Crippen LogP contribution >= 0.6 is 0 Å². The van der Waals surface area contributed by atoms with Crippen molar-refractivity contribution in [2.75, 3.05) is 26.9 Å². The van der Waals surface area contributed by atoms with Gasteiger partial charge in [0.25, 0.3) is 0 Å². The van der Waals surface area contributed by atoms with E-state index in [2.05, 4.69) is 0 Å². The summed E-state index contributed by atoms with van der Waals surface area (Å²) in [7, 11) is 1.58. The van der Waals surface area contributed by atoms with Gasteiger partial charge in [0.05, 0.1) is 20.3 Å². The minimum Gasteiger partial charge on any atom is -0.493 e. The summed E-state index contributed by atoms with van der Waals surface area (Å²) < 4.78 is 22.0. The normalized spacial score (nSPS) is 18.2. The highest BCUT2D eigenvalue weighted by molar-refractivity contribution is 5.76. The number of rotatable bonds is 8. The van der Waals surface area contributed by atoms with Gasteiger partial charge in [-0.1, -0.05) is 0 Å². The van der Waals surface area contributed by atoms with Gasteiger partial charge in [-0.25, -0.2) is 0 Å². The van der Waals surface area contributed by atoms with Gasteiger partial charge in [0, 0.05) is 18.6 Å².